The second-order valence-corrected chi connectivity index (χ2v) is 9.82. The van der Waals surface area contributed by atoms with Crippen LogP contribution < -0.4 is 5.32 Å². The summed E-state index contributed by atoms with van der Waals surface area (Å²) in [5, 5.41) is 2.83. The minimum absolute atomic E-state index is 0.0914. The lowest BCUT2D eigenvalue weighted by atomic mass is 10.2. The first-order valence-electron chi connectivity index (χ1n) is 10.4. The van der Waals surface area contributed by atoms with Crippen LogP contribution in [0.15, 0.2) is 47.4 Å². The zero-order chi connectivity index (χ0) is 22.6. The smallest absolute Gasteiger partial charge is 0.243 e. The summed E-state index contributed by atoms with van der Waals surface area (Å²) in [7, 11) is -3.60. The average Bonchev–Trinajstić information content (AvgIpc) is 2.75. The van der Waals surface area contributed by atoms with Crippen LogP contribution in [0.3, 0.4) is 0 Å². The number of benzene rings is 2. The first-order chi connectivity index (χ1) is 14.7. The molecule has 0 radical (unpaired) electrons. The molecule has 7 nitrogen and oxygen atoms in total. The number of carbonyl (C=O) groups excluding carboxylic acids is 2. The number of hydrogen-bond acceptors (Lipinski definition) is 4. The van der Waals surface area contributed by atoms with E-state index in [1.165, 1.54) is 4.31 Å². The number of para-hydroxylation sites is 1. The highest BCUT2D eigenvalue weighted by molar-refractivity contribution is 7.89. The number of rotatable bonds is 6. The highest BCUT2D eigenvalue weighted by Crippen LogP contribution is 2.22. The fourth-order valence-corrected chi connectivity index (χ4v) is 5.34. The van der Waals surface area contributed by atoms with Crippen molar-refractivity contribution in [1.29, 1.82) is 0 Å². The maximum Gasteiger partial charge on any atom is 0.243 e. The Balaban J connectivity index is 1.52. The molecule has 0 unspecified atom stereocenters. The van der Waals surface area contributed by atoms with E-state index in [-0.39, 0.29) is 37.7 Å². The van der Waals surface area contributed by atoms with Crippen molar-refractivity contribution < 1.29 is 18.0 Å². The van der Waals surface area contributed by atoms with E-state index in [1.54, 1.807) is 17.9 Å². The number of sulfonamides is 1. The molecule has 166 valence electrons. The lowest BCUT2D eigenvalue weighted by Gasteiger charge is -2.34. The predicted octanol–water partition coefficient (Wildman–Crippen LogP) is 2.86. The van der Waals surface area contributed by atoms with Crippen molar-refractivity contribution in [3.63, 3.8) is 0 Å². The molecule has 0 saturated carbocycles. The number of hydrogen-bond donors (Lipinski definition) is 1. The third kappa shape index (κ3) is 5.51. The second-order valence-electron chi connectivity index (χ2n) is 7.92. The molecule has 0 spiro atoms. The van der Waals surface area contributed by atoms with Crippen LogP contribution in [0.2, 0.25) is 0 Å². The monoisotopic (exact) mass is 443 g/mol. The van der Waals surface area contributed by atoms with Crippen molar-refractivity contribution in [2.75, 3.05) is 31.5 Å². The number of anilines is 1. The van der Waals surface area contributed by atoms with E-state index in [0.29, 0.717) is 23.5 Å². The lowest BCUT2D eigenvalue weighted by molar-refractivity contribution is -0.133. The molecule has 0 bridgehead atoms. The van der Waals surface area contributed by atoms with Crippen LogP contribution in [0, 0.1) is 20.8 Å². The SMILES string of the molecule is Cc1ccc(C)c(S(=O)(=O)N2CCN(C(=O)CCC(=O)Nc3ccccc3C)CC2)c1. The van der Waals surface area contributed by atoms with Gasteiger partial charge in [-0.3, -0.25) is 9.59 Å². The van der Waals surface area contributed by atoms with Crippen LogP contribution >= 0.6 is 0 Å². The fraction of sp³-hybridized carbons (Fsp3) is 0.391. The van der Waals surface area contributed by atoms with Crippen molar-refractivity contribution in [3.05, 3.63) is 59.2 Å². The quantitative estimate of drug-likeness (QED) is 0.744. The number of piperazine rings is 1. The Kier molecular flexibility index (Phi) is 7.12. The molecule has 1 heterocycles. The minimum Gasteiger partial charge on any atom is -0.340 e. The summed E-state index contributed by atoms with van der Waals surface area (Å²) >= 11 is 0. The van der Waals surface area contributed by atoms with Crippen molar-refractivity contribution in [1.82, 2.24) is 9.21 Å². The fourth-order valence-electron chi connectivity index (χ4n) is 3.61. The summed E-state index contributed by atoms with van der Waals surface area (Å²) in [5.41, 5.74) is 3.30. The molecule has 31 heavy (non-hydrogen) atoms. The van der Waals surface area contributed by atoms with E-state index in [2.05, 4.69) is 5.32 Å². The molecule has 3 rings (SSSR count). The highest BCUT2D eigenvalue weighted by Gasteiger charge is 2.31. The summed E-state index contributed by atoms with van der Waals surface area (Å²) in [6.45, 7) is 6.70. The Labute approximate surface area is 184 Å². The first-order valence-corrected chi connectivity index (χ1v) is 11.8. The van der Waals surface area contributed by atoms with Crippen LogP contribution in [0.1, 0.15) is 29.5 Å². The van der Waals surface area contributed by atoms with Gasteiger partial charge in [-0.05, 0) is 49.6 Å². The first kappa shape index (κ1) is 23.0. The van der Waals surface area contributed by atoms with Gasteiger partial charge >= 0.3 is 0 Å². The molecule has 0 aromatic heterocycles. The Bertz CT molecular complexity index is 1070. The van der Waals surface area contributed by atoms with E-state index >= 15 is 0 Å². The van der Waals surface area contributed by atoms with E-state index in [0.717, 1.165) is 16.8 Å². The lowest BCUT2D eigenvalue weighted by Crippen LogP contribution is -2.50. The van der Waals surface area contributed by atoms with E-state index in [9.17, 15) is 18.0 Å². The molecule has 2 amide bonds. The van der Waals surface area contributed by atoms with E-state index in [4.69, 9.17) is 0 Å². The Morgan fingerprint density at radius 1 is 0.903 bits per heavy atom. The molecule has 2 aromatic carbocycles. The van der Waals surface area contributed by atoms with E-state index < -0.39 is 10.0 Å². The maximum absolute atomic E-state index is 13.0. The number of nitrogens with zero attached hydrogens (tertiary/aromatic N) is 2. The van der Waals surface area contributed by atoms with Gasteiger partial charge in [0.1, 0.15) is 0 Å². The zero-order valence-electron chi connectivity index (χ0n) is 18.2. The van der Waals surface area contributed by atoms with Gasteiger partial charge in [0.15, 0.2) is 0 Å². The summed E-state index contributed by atoms with van der Waals surface area (Å²) in [6.07, 6.45) is 0.190. The van der Waals surface area contributed by atoms with Gasteiger partial charge in [-0.25, -0.2) is 8.42 Å². The maximum atomic E-state index is 13.0. The van der Waals surface area contributed by atoms with Crippen LogP contribution in [-0.4, -0.2) is 55.6 Å². The topological polar surface area (TPSA) is 86.8 Å². The van der Waals surface area contributed by atoms with Gasteiger partial charge in [-0.15, -0.1) is 0 Å². The van der Waals surface area contributed by atoms with Crippen LogP contribution in [0.4, 0.5) is 5.69 Å². The number of nitrogens with one attached hydrogen (secondary N) is 1. The van der Waals surface area contributed by atoms with Gasteiger partial charge in [0.25, 0.3) is 0 Å². The number of carbonyl (C=O) groups is 2. The predicted molar refractivity (Wildman–Crippen MR) is 120 cm³/mol. The molecule has 1 aliphatic rings. The third-order valence-corrected chi connectivity index (χ3v) is 7.58. The van der Waals surface area contributed by atoms with Gasteiger partial charge < -0.3 is 10.2 Å². The molecule has 0 atom stereocenters. The minimum atomic E-state index is -3.60. The van der Waals surface area contributed by atoms with Crippen molar-refractivity contribution >= 4 is 27.5 Å². The third-order valence-electron chi connectivity index (χ3n) is 5.54. The molecule has 1 saturated heterocycles. The van der Waals surface area contributed by atoms with Crippen LogP contribution in [0.5, 0.6) is 0 Å². The Morgan fingerprint density at radius 3 is 2.26 bits per heavy atom. The molecule has 8 heteroatoms. The van der Waals surface area contributed by atoms with Crippen molar-refractivity contribution in [3.8, 4) is 0 Å². The van der Waals surface area contributed by atoms with Gasteiger partial charge in [0.05, 0.1) is 4.90 Å². The summed E-state index contributed by atoms with van der Waals surface area (Å²) in [6, 6.07) is 12.9. The molecule has 2 aromatic rings. The van der Waals surface area contributed by atoms with Crippen molar-refractivity contribution in [2.24, 2.45) is 0 Å². The van der Waals surface area contributed by atoms with E-state index in [1.807, 2.05) is 50.2 Å². The molecule has 1 fully saturated rings. The Hall–Kier alpha value is -2.71. The number of aryl methyl sites for hydroxylation is 3. The average molecular weight is 444 g/mol. The molecule has 1 aliphatic heterocycles. The van der Waals surface area contributed by atoms with Gasteiger partial charge in [-0.2, -0.15) is 4.31 Å². The van der Waals surface area contributed by atoms with Gasteiger partial charge in [0.2, 0.25) is 21.8 Å². The summed E-state index contributed by atoms with van der Waals surface area (Å²) in [5.74, 6) is -0.345. The van der Waals surface area contributed by atoms with Crippen LogP contribution in [0.25, 0.3) is 0 Å². The van der Waals surface area contributed by atoms with Gasteiger partial charge in [-0.1, -0.05) is 30.3 Å². The normalized spacial score (nSPS) is 15.0. The van der Waals surface area contributed by atoms with Crippen molar-refractivity contribution in [2.45, 2.75) is 38.5 Å². The van der Waals surface area contributed by atoms with Gasteiger partial charge in [0, 0.05) is 44.7 Å². The standard InChI is InChI=1S/C23H29N3O4S/c1-17-8-9-19(3)21(16-17)31(29,30)26-14-12-25(13-15-26)23(28)11-10-22(27)24-20-7-5-4-6-18(20)2/h4-9,16H,10-15H2,1-3H3,(H,24,27). The zero-order valence-corrected chi connectivity index (χ0v) is 19.0. The molecular formula is C23H29N3O4S. The van der Waals surface area contributed by atoms with Crippen LogP contribution in [-0.2, 0) is 19.6 Å². The second kappa shape index (κ2) is 9.62. The molecule has 1 N–H and O–H groups in total. The highest BCUT2D eigenvalue weighted by atomic mass is 32.2. The number of amides is 2. The largest absolute Gasteiger partial charge is 0.340 e. The molecular weight excluding hydrogens is 414 g/mol. The Morgan fingerprint density at radius 2 is 1.58 bits per heavy atom. The molecule has 0 aliphatic carbocycles. The summed E-state index contributed by atoms with van der Waals surface area (Å²) < 4.78 is 27.5. The summed E-state index contributed by atoms with van der Waals surface area (Å²) in [4.78, 5) is 26.7.